The van der Waals surface area contributed by atoms with Crippen molar-refractivity contribution in [2.45, 2.75) is 19.4 Å². The predicted octanol–water partition coefficient (Wildman–Crippen LogP) is 3.49. The highest BCUT2D eigenvalue weighted by Crippen LogP contribution is 2.28. The Balaban J connectivity index is 1.98. The van der Waals surface area contributed by atoms with Gasteiger partial charge in [-0.2, -0.15) is 0 Å². The average Bonchev–Trinajstić information content (AvgIpc) is 2.92. The summed E-state index contributed by atoms with van der Waals surface area (Å²) in [7, 11) is 3.16. The van der Waals surface area contributed by atoms with Gasteiger partial charge in [0.05, 0.1) is 18.5 Å². The third kappa shape index (κ3) is 3.16. The smallest absolute Gasteiger partial charge is 0.262 e. The monoisotopic (exact) mass is 324 g/mol. The van der Waals surface area contributed by atoms with E-state index in [1.807, 2.05) is 55.5 Å². The van der Waals surface area contributed by atoms with Gasteiger partial charge in [0.1, 0.15) is 17.7 Å². The SMILES string of the molecule is COc1ccc(N2C(=O)[C@H](OC)CC2=Nc2ccc(C)cc2)cc1. The number of carbonyl (C=O) groups is 1. The molecule has 0 aromatic heterocycles. The molecule has 0 aliphatic carbocycles. The average molecular weight is 324 g/mol. The lowest BCUT2D eigenvalue weighted by atomic mass is 10.2. The minimum Gasteiger partial charge on any atom is -0.497 e. The summed E-state index contributed by atoms with van der Waals surface area (Å²) in [5, 5.41) is 0. The van der Waals surface area contributed by atoms with Crippen LogP contribution in [0.15, 0.2) is 53.5 Å². The predicted molar refractivity (Wildman–Crippen MR) is 94.2 cm³/mol. The number of amides is 1. The van der Waals surface area contributed by atoms with Crippen molar-refractivity contribution in [2.75, 3.05) is 19.1 Å². The van der Waals surface area contributed by atoms with Crippen LogP contribution in [0, 0.1) is 6.92 Å². The van der Waals surface area contributed by atoms with Gasteiger partial charge in [-0.05, 0) is 43.3 Å². The first-order valence-electron chi connectivity index (χ1n) is 7.77. The van der Waals surface area contributed by atoms with Crippen LogP contribution in [0.1, 0.15) is 12.0 Å². The Kier molecular flexibility index (Phi) is 4.62. The molecule has 3 rings (SSSR count). The van der Waals surface area contributed by atoms with E-state index in [1.54, 1.807) is 19.1 Å². The Labute approximate surface area is 141 Å². The van der Waals surface area contributed by atoms with E-state index < -0.39 is 6.10 Å². The summed E-state index contributed by atoms with van der Waals surface area (Å²) in [4.78, 5) is 18.9. The third-order valence-corrected chi connectivity index (χ3v) is 4.03. The molecule has 5 heteroatoms. The number of methoxy groups -OCH3 is 2. The van der Waals surface area contributed by atoms with Crippen LogP contribution in [-0.4, -0.2) is 32.1 Å². The van der Waals surface area contributed by atoms with E-state index in [0.29, 0.717) is 12.3 Å². The van der Waals surface area contributed by atoms with Crippen LogP contribution < -0.4 is 9.64 Å². The van der Waals surface area contributed by atoms with Gasteiger partial charge in [0.25, 0.3) is 5.91 Å². The van der Waals surface area contributed by atoms with Gasteiger partial charge in [-0.25, -0.2) is 4.99 Å². The lowest BCUT2D eigenvalue weighted by Gasteiger charge is -2.17. The number of ether oxygens (including phenoxy) is 2. The number of nitrogens with zero attached hydrogens (tertiary/aromatic N) is 2. The highest BCUT2D eigenvalue weighted by molar-refractivity contribution is 6.24. The number of hydrogen-bond acceptors (Lipinski definition) is 4. The summed E-state index contributed by atoms with van der Waals surface area (Å²) in [5.41, 5.74) is 2.74. The molecule has 24 heavy (non-hydrogen) atoms. The van der Waals surface area contributed by atoms with Crippen LogP contribution in [-0.2, 0) is 9.53 Å². The molecule has 2 aromatic rings. The Morgan fingerprint density at radius 1 is 1.04 bits per heavy atom. The van der Waals surface area contributed by atoms with Gasteiger partial charge in [-0.15, -0.1) is 0 Å². The molecule has 1 amide bonds. The largest absolute Gasteiger partial charge is 0.497 e. The zero-order valence-electron chi connectivity index (χ0n) is 14.0. The van der Waals surface area contributed by atoms with Gasteiger partial charge in [0, 0.05) is 13.5 Å². The molecule has 5 nitrogen and oxygen atoms in total. The first-order valence-corrected chi connectivity index (χ1v) is 7.77. The number of rotatable bonds is 4. The maximum absolute atomic E-state index is 12.6. The summed E-state index contributed by atoms with van der Waals surface area (Å²) < 4.78 is 10.5. The standard InChI is InChI=1S/C19H20N2O3/c1-13-4-6-14(7-5-13)20-18-12-17(24-3)19(22)21(18)15-8-10-16(23-2)11-9-15/h4-11,17H,12H2,1-3H3/t17-/m1/s1. The first kappa shape index (κ1) is 16.2. The quantitative estimate of drug-likeness (QED) is 0.865. The van der Waals surface area contributed by atoms with Crippen molar-refractivity contribution in [3.8, 4) is 5.75 Å². The molecule has 0 N–H and O–H groups in total. The van der Waals surface area contributed by atoms with E-state index in [9.17, 15) is 4.79 Å². The van der Waals surface area contributed by atoms with Crippen molar-refractivity contribution in [2.24, 2.45) is 4.99 Å². The van der Waals surface area contributed by atoms with Crippen molar-refractivity contribution < 1.29 is 14.3 Å². The van der Waals surface area contributed by atoms with Gasteiger partial charge in [0.15, 0.2) is 0 Å². The molecule has 0 spiro atoms. The molecule has 124 valence electrons. The van der Waals surface area contributed by atoms with Gasteiger partial charge < -0.3 is 9.47 Å². The molecule has 0 radical (unpaired) electrons. The van der Waals surface area contributed by atoms with Gasteiger partial charge >= 0.3 is 0 Å². The molecule has 1 heterocycles. The van der Waals surface area contributed by atoms with Crippen molar-refractivity contribution >= 4 is 23.1 Å². The molecule has 0 unspecified atom stereocenters. The number of aliphatic imine (C=N–C) groups is 1. The second-order valence-corrected chi connectivity index (χ2v) is 5.66. The molecule has 1 aliphatic rings. The van der Waals surface area contributed by atoms with Gasteiger partial charge in [-0.1, -0.05) is 17.7 Å². The highest BCUT2D eigenvalue weighted by Gasteiger charge is 2.38. The number of hydrogen-bond donors (Lipinski definition) is 0. The minimum absolute atomic E-state index is 0.103. The van der Waals surface area contributed by atoms with E-state index in [4.69, 9.17) is 9.47 Å². The van der Waals surface area contributed by atoms with Crippen LogP contribution >= 0.6 is 0 Å². The number of anilines is 1. The number of aryl methyl sites for hydroxylation is 1. The van der Waals surface area contributed by atoms with Crippen molar-refractivity contribution in [1.82, 2.24) is 0 Å². The molecule has 1 aliphatic heterocycles. The Bertz CT molecular complexity index is 751. The van der Waals surface area contributed by atoms with Crippen molar-refractivity contribution in [1.29, 1.82) is 0 Å². The number of amidine groups is 1. The lowest BCUT2D eigenvalue weighted by molar-refractivity contribution is -0.125. The molecular weight excluding hydrogens is 304 g/mol. The van der Waals surface area contributed by atoms with Crippen molar-refractivity contribution in [3.05, 3.63) is 54.1 Å². The summed E-state index contributed by atoms with van der Waals surface area (Å²) >= 11 is 0. The van der Waals surface area contributed by atoms with Crippen LogP contribution in [0.3, 0.4) is 0 Å². The number of carbonyl (C=O) groups excluding carboxylic acids is 1. The topological polar surface area (TPSA) is 51.1 Å². The second-order valence-electron chi connectivity index (χ2n) is 5.66. The summed E-state index contributed by atoms with van der Waals surface area (Å²) in [6.07, 6.45) is -0.0498. The molecule has 0 bridgehead atoms. The highest BCUT2D eigenvalue weighted by atomic mass is 16.5. The maximum Gasteiger partial charge on any atom is 0.262 e. The molecule has 1 fully saturated rings. The fourth-order valence-corrected chi connectivity index (χ4v) is 2.67. The Morgan fingerprint density at radius 3 is 2.29 bits per heavy atom. The maximum atomic E-state index is 12.6. The zero-order chi connectivity index (χ0) is 17.1. The Morgan fingerprint density at radius 2 is 1.71 bits per heavy atom. The van der Waals surface area contributed by atoms with E-state index in [2.05, 4.69) is 4.99 Å². The fraction of sp³-hybridized carbons (Fsp3) is 0.263. The minimum atomic E-state index is -0.503. The summed E-state index contributed by atoms with van der Waals surface area (Å²) in [6, 6.07) is 15.2. The molecule has 1 saturated heterocycles. The fourth-order valence-electron chi connectivity index (χ4n) is 2.67. The summed E-state index contributed by atoms with van der Waals surface area (Å²) in [6.45, 7) is 2.03. The summed E-state index contributed by atoms with van der Waals surface area (Å²) in [5.74, 6) is 1.32. The molecular formula is C19H20N2O3. The van der Waals surface area contributed by atoms with Crippen LogP contribution in [0.4, 0.5) is 11.4 Å². The van der Waals surface area contributed by atoms with Crippen molar-refractivity contribution in [3.63, 3.8) is 0 Å². The van der Waals surface area contributed by atoms with Gasteiger partial charge in [0.2, 0.25) is 0 Å². The molecule has 0 saturated carbocycles. The zero-order valence-corrected chi connectivity index (χ0v) is 14.0. The van der Waals surface area contributed by atoms with Crippen LogP contribution in [0.2, 0.25) is 0 Å². The Hall–Kier alpha value is -2.66. The second kappa shape index (κ2) is 6.84. The number of benzene rings is 2. The van der Waals surface area contributed by atoms with Crippen LogP contribution in [0.25, 0.3) is 0 Å². The van der Waals surface area contributed by atoms with E-state index in [0.717, 1.165) is 17.1 Å². The lowest BCUT2D eigenvalue weighted by Crippen LogP contribution is -2.32. The van der Waals surface area contributed by atoms with Crippen LogP contribution in [0.5, 0.6) is 5.75 Å². The van der Waals surface area contributed by atoms with E-state index >= 15 is 0 Å². The first-order chi connectivity index (χ1) is 11.6. The third-order valence-electron chi connectivity index (χ3n) is 4.03. The van der Waals surface area contributed by atoms with Gasteiger partial charge in [-0.3, -0.25) is 9.69 Å². The normalized spacial score (nSPS) is 19.1. The molecule has 1 atom stereocenters. The van der Waals surface area contributed by atoms with E-state index in [-0.39, 0.29) is 5.91 Å². The molecule has 2 aromatic carbocycles. The van der Waals surface area contributed by atoms with E-state index in [1.165, 1.54) is 5.56 Å².